The summed E-state index contributed by atoms with van der Waals surface area (Å²) in [5.41, 5.74) is 1.28. The van der Waals surface area contributed by atoms with Crippen LogP contribution in [0.5, 0.6) is 0 Å². The Morgan fingerprint density at radius 3 is 2.52 bits per heavy atom. The maximum atomic E-state index is 4.64. The second-order valence-corrected chi connectivity index (χ2v) is 6.31. The van der Waals surface area contributed by atoms with Crippen LogP contribution >= 0.6 is 35.3 Å². The third-order valence-corrected chi connectivity index (χ3v) is 4.71. The molecule has 23 heavy (non-hydrogen) atoms. The van der Waals surface area contributed by atoms with Gasteiger partial charge in [0.2, 0.25) is 0 Å². The van der Waals surface area contributed by atoms with Gasteiger partial charge < -0.3 is 15.5 Å². The number of nitrogens with one attached hydrogen (secondary N) is 2. The van der Waals surface area contributed by atoms with E-state index in [0.717, 1.165) is 32.1 Å². The topological polar surface area (TPSA) is 42.9 Å². The number of likely N-dealkylation sites (N-methyl/N-ethyl adjacent to an activating group) is 1. The highest BCUT2D eigenvalue weighted by atomic mass is 127. The van der Waals surface area contributed by atoms with Crippen LogP contribution in [0.1, 0.15) is 19.4 Å². The summed E-state index contributed by atoms with van der Waals surface area (Å²) in [6, 6.07) is 2.13. The van der Waals surface area contributed by atoms with Gasteiger partial charge in [0, 0.05) is 45.8 Å². The first kappa shape index (κ1) is 20.7. The molecule has 2 heterocycles. The zero-order valence-corrected chi connectivity index (χ0v) is 17.4. The molecule has 2 rings (SSSR count). The fraction of sp³-hybridized carbons (Fsp3) is 0.688. The molecule has 2 N–H and O–H groups in total. The number of rotatable bonds is 7. The van der Waals surface area contributed by atoms with Crippen molar-refractivity contribution in [1.29, 1.82) is 0 Å². The van der Waals surface area contributed by atoms with Crippen molar-refractivity contribution in [3.8, 4) is 0 Å². The van der Waals surface area contributed by atoms with Gasteiger partial charge in [-0.3, -0.25) is 4.90 Å². The number of thiophene rings is 1. The van der Waals surface area contributed by atoms with E-state index in [9.17, 15) is 0 Å². The lowest BCUT2D eigenvalue weighted by Gasteiger charge is -2.34. The molecule has 7 heteroatoms. The van der Waals surface area contributed by atoms with E-state index in [1.807, 2.05) is 0 Å². The first-order valence-corrected chi connectivity index (χ1v) is 9.24. The molecule has 0 atom stereocenters. The average molecular weight is 451 g/mol. The van der Waals surface area contributed by atoms with Gasteiger partial charge in [0.25, 0.3) is 0 Å². The normalized spacial score (nSPS) is 16.9. The highest BCUT2D eigenvalue weighted by Crippen LogP contribution is 2.06. The Bertz CT molecular complexity index is 430. The molecule has 1 saturated heterocycles. The lowest BCUT2D eigenvalue weighted by atomic mass is 10.3. The first-order chi connectivity index (χ1) is 10.8. The molecule has 0 aliphatic carbocycles. The second kappa shape index (κ2) is 12.0. The van der Waals surface area contributed by atoms with E-state index >= 15 is 0 Å². The molecule has 1 fully saturated rings. The summed E-state index contributed by atoms with van der Waals surface area (Å²) >= 11 is 1.72. The van der Waals surface area contributed by atoms with Gasteiger partial charge in [-0.1, -0.05) is 6.92 Å². The first-order valence-electron chi connectivity index (χ1n) is 8.29. The fourth-order valence-corrected chi connectivity index (χ4v) is 3.22. The predicted octanol–water partition coefficient (Wildman–Crippen LogP) is 2.06. The largest absolute Gasteiger partial charge is 0.357 e. The van der Waals surface area contributed by atoms with E-state index in [-0.39, 0.29) is 24.0 Å². The molecule has 0 saturated carbocycles. The molecule has 1 aliphatic heterocycles. The Hall–Kier alpha value is -0.380. The van der Waals surface area contributed by atoms with Crippen LogP contribution in [-0.4, -0.2) is 68.1 Å². The standard InChI is InChI=1S/C16H29N5S.HI/c1-3-17-16(19-13-15-5-12-22-14-15)18-6-7-21-10-8-20(4-2)9-11-21;/h5,12,14H,3-4,6-11,13H2,1-2H3,(H2,17,18,19);1H. The molecule has 0 unspecified atom stereocenters. The van der Waals surface area contributed by atoms with Gasteiger partial charge >= 0.3 is 0 Å². The number of guanidine groups is 1. The van der Waals surface area contributed by atoms with Crippen LogP contribution in [0.15, 0.2) is 21.8 Å². The quantitative estimate of drug-likeness (QED) is 0.379. The Morgan fingerprint density at radius 1 is 1.17 bits per heavy atom. The molecule has 0 radical (unpaired) electrons. The molecule has 0 aromatic carbocycles. The summed E-state index contributed by atoms with van der Waals surface area (Å²) in [6.07, 6.45) is 0. The van der Waals surface area contributed by atoms with Crippen LogP contribution in [0, 0.1) is 0 Å². The minimum Gasteiger partial charge on any atom is -0.357 e. The van der Waals surface area contributed by atoms with E-state index in [1.165, 1.54) is 38.3 Å². The van der Waals surface area contributed by atoms with Crippen molar-refractivity contribution in [2.24, 2.45) is 4.99 Å². The Kier molecular flexibility index (Phi) is 10.8. The molecule has 1 aliphatic rings. The minimum atomic E-state index is 0. The van der Waals surface area contributed by atoms with Crippen LogP contribution in [-0.2, 0) is 6.54 Å². The third-order valence-electron chi connectivity index (χ3n) is 3.98. The molecule has 0 spiro atoms. The smallest absolute Gasteiger partial charge is 0.191 e. The predicted molar refractivity (Wildman–Crippen MR) is 111 cm³/mol. The maximum Gasteiger partial charge on any atom is 0.191 e. The van der Waals surface area contributed by atoms with Crippen LogP contribution in [0.25, 0.3) is 0 Å². The SMILES string of the molecule is CCNC(=NCc1ccsc1)NCCN1CCN(CC)CC1.I. The van der Waals surface area contributed by atoms with Crippen molar-refractivity contribution in [1.82, 2.24) is 20.4 Å². The van der Waals surface area contributed by atoms with Crippen molar-refractivity contribution < 1.29 is 0 Å². The molecular formula is C16H30IN5S. The summed E-state index contributed by atoms with van der Waals surface area (Å²) in [5, 5.41) is 11.0. The summed E-state index contributed by atoms with van der Waals surface area (Å²) in [7, 11) is 0. The summed E-state index contributed by atoms with van der Waals surface area (Å²) < 4.78 is 0. The summed E-state index contributed by atoms with van der Waals surface area (Å²) in [6.45, 7) is 13.9. The molecular weight excluding hydrogens is 421 g/mol. The van der Waals surface area contributed by atoms with E-state index < -0.39 is 0 Å². The number of nitrogens with zero attached hydrogens (tertiary/aromatic N) is 3. The number of hydrogen-bond donors (Lipinski definition) is 2. The average Bonchev–Trinajstić information content (AvgIpc) is 3.06. The number of aliphatic imine (C=N–C) groups is 1. The lowest BCUT2D eigenvalue weighted by Crippen LogP contribution is -2.49. The van der Waals surface area contributed by atoms with Crippen molar-refractivity contribution in [2.75, 3.05) is 52.4 Å². The van der Waals surface area contributed by atoms with E-state index in [2.05, 4.69) is 56.1 Å². The van der Waals surface area contributed by atoms with Gasteiger partial charge in [0.1, 0.15) is 0 Å². The van der Waals surface area contributed by atoms with Gasteiger partial charge in [-0.2, -0.15) is 11.3 Å². The molecule has 1 aromatic heterocycles. The molecule has 0 bridgehead atoms. The van der Waals surface area contributed by atoms with Gasteiger partial charge in [0.15, 0.2) is 5.96 Å². The molecule has 132 valence electrons. The minimum absolute atomic E-state index is 0. The molecule has 0 amide bonds. The van der Waals surface area contributed by atoms with Crippen LogP contribution in [0.3, 0.4) is 0 Å². The second-order valence-electron chi connectivity index (χ2n) is 5.53. The summed E-state index contributed by atoms with van der Waals surface area (Å²) in [4.78, 5) is 9.68. The van der Waals surface area contributed by atoms with E-state index in [4.69, 9.17) is 0 Å². The van der Waals surface area contributed by atoms with Gasteiger partial charge in [-0.25, -0.2) is 4.99 Å². The third kappa shape index (κ3) is 7.82. The lowest BCUT2D eigenvalue weighted by molar-refractivity contribution is 0.139. The number of piperazine rings is 1. The zero-order chi connectivity index (χ0) is 15.6. The Morgan fingerprint density at radius 2 is 1.91 bits per heavy atom. The Balaban J connectivity index is 0.00000264. The van der Waals surface area contributed by atoms with Crippen molar-refractivity contribution in [2.45, 2.75) is 20.4 Å². The van der Waals surface area contributed by atoms with Crippen LogP contribution < -0.4 is 10.6 Å². The maximum absolute atomic E-state index is 4.64. The van der Waals surface area contributed by atoms with Gasteiger partial charge in [-0.05, 0) is 35.9 Å². The van der Waals surface area contributed by atoms with Crippen molar-refractivity contribution in [3.05, 3.63) is 22.4 Å². The van der Waals surface area contributed by atoms with Gasteiger partial charge in [0.05, 0.1) is 6.54 Å². The van der Waals surface area contributed by atoms with Crippen molar-refractivity contribution in [3.63, 3.8) is 0 Å². The highest BCUT2D eigenvalue weighted by Gasteiger charge is 2.14. The summed E-state index contributed by atoms with van der Waals surface area (Å²) in [5.74, 6) is 0.917. The van der Waals surface area contributed by atoms with Crippen LogP contribution in [0.4, 0.5) is 0 Å². The van der Waals surface area contributed by atoms with Gasteiger partial charge in [-0.15, -0.1) is 24.0 Å². The fourth-order valence-electron chi connectivity index (χ4n) is 2.56. The zero-order valence-electron chi connectivity index (χ0n) is 14.3. The molecule has 5 nitrogen and oxygen atoms in total. The van der Waals surface area contributed by atoms with E-state index in [1.54, 1.807) is 11.3 Å². The Labute approximate surface area is 161 Å². The van der Waals surface area contributed by atoms with Crippen LogP contribution in [0.2, 0.25) is 0 Å². The number of hydrogen-bond acceptors (Lipinski definition) is 4. The number of halogens is 1. The monoisotopic (exact) mass is 451 g/mol. The van der Waals surface area contributed by atoms with E-state index in [0.29, 0.717) is 0 Å². The molecule has 1 aromatic rings. The van der Waals surface area contributed by atoms with Crippen molar-refractivity contribution >= 4 is 41.3 Å². The highest BCUT2D eigenvalue weighted by molar-refractivity contribution is 14.0.